The van der Waals surface area contributed by atoms with Gasteiger partial charge in [0.15, 0.2) is 5.43 Å². The zero-order chi connectivity index (χ0) is 12.7. The molecule has 0 unspecified atom stereocenters. The summed E-state index contributed by atoms with van der Waals surface area (Å²) in [5.41, 5.74) is 1.23. The zero-order valence-electron chi connectivity index (χ0n) is 9.91. The minimum Gasteiger partial charge on any atom is -0.289 e. The van der Waals surface area contributed by atoms with Crippen LogP contribution < -0.4 is 5.43 Å². The van der Waals surface area contributed by atoms with E-state index in [0.29, 0.717) is 0 Å². The fourth-order valence-electron chi connectivity index (χ4n) is 2.21. The van der Waals surface area contributed by atoms with Crippen molar-refractivity contribution >= 4 is 44.1 Å². The second-order valence-electron chi connectivity index (χ2n) is 4.48. The van der Waals surface area contributed by atoms with Crippen LogP contribution in [0.5, 0.6) is 0 Å². The number of benzene rings is 2. The van der Waals surface area contributed by atoms with E-state index in [1.807, 2.05) is 55.5 Å². The van der Waals surface area contributed by atoms with Gasteiger partial charge in [0.25, 0.3) is 0 Å². The Morgan fingerprint density at radius 2 is 1.39 bits per heavy atom. The Hall–Kier alpha value is -1.42. The molecule has 88 valence electrons. The molecule has 2 heteroatoms. The second-order valence-corrected chi connectivity index (χ2v) is 5.73. The number of halogens is 1. The summed E-state index contributed by atoms with van der Waals surface area (Å²) in [6, 6.07) is 16.0. The summed E-state index contributed by atoms with van der Waals surface area (Å²) < 4.78 is 1.09. The average molecular weight is 346 g/mol. The van der Waals surface area contributed by atoms with Crippen LogP contribution in [0.25, 0.3) is 21.5 Å². The summed E-state index contributed by atoms with van der Waals surface area (Å²) in [6.07, 6.45) is 0. The van der Waals surface area contributed by atoms with E-state index < -0.39 is 0 Å². The Labute approximate surface area is 119 Å². The van der Waals surface area contributed by atoms with Crippen LogP contribution >= 0.6 is 22.6 Å². The molecule has 1 nitrogen and oxygen atoms in total. The van der Waals surface area contributed by atoms with Crippen LogP contribution in [-0.2, 0) is 0 Å². The Balaban J connectivity index is 2.62. The predicted molar refractivity (Wildman–Crippen MR) is 85.2 cm³/mol. The van der Waals surface area contributed by atoms with E-state index in [9.17, 15) is 4.79 Å². The van der Waals surface area contributed by atoms with Crippen LogP contribution in [-0.4, -0.2) is 0 Å². The topological polar surface area (TPSA) is 17.1 Å². The molecule has 3 rings (SSSR count). The van der Waals surface area contributed by atoms with E-state index in [-0.39, 0.29) is 5.43 Å². The van der Waals surface area contributed by atoms with E-state index >= 15 is 0 Å². The molecule has 0 saturated heterocycles. The fraction of sp³-hybridized carbons (Fsp3) is 0.0625. The summed E-state index contributed by atoms with van der Waals surface area (Å²) in [5.74, 6) is 0. The lowest BCUT2D eigenvalue weighted by atomic mass is 10.1. The smallest absolute Gasteiger partial charge is 0.194 e. The summed E-state index contributed by atoms with van der Waals surface area (Å²) in [4.78, 5) is 12.6. The number of fused-ring (bicyclic) bond motifs is 2. The zero-order valence-corrected chi connectivity index (χ0v) is 12.1. The highest BCUT2D eigenvalue weighted by Gasteiger charge is 2.03. The monoisotopic (exact) mass is 346 g/mol. The molecular weight excluding hydrogens is 335 g/mol. The first-order valence-corrected chi connectivity index (χ1v) is 6.86. The lowest BCUT2D eigenvalue weighted by Gasteiger charge is -1.95. The van der Waals surface area contributed by atoms with Gasteiger partial charge in [-0.25, -0.2) is 0 Å². The molecule has 0 aliphatic carbocycles. The minimum atomic E-state index is 0.118. The van der Waals surface area contributed by atoms with Gasteiger partial charge in [0, 0.05) is 14.3 Å². The molecule has 0 spiro atoms. The Bertz CT molecular complexity index is 754. The van der Waals surface area contributed by atoms with Gasteiger partial charge in [0.05, 0.1) is 0 Å². The standard InChI is InChI=1S/C16H11IO/c1-10-2-3-11-4-5-12-6-7-13(17)9-15(12)16(18)14(11)8-10/h2-9H,1H3. The quantitative estimate of drug-likeness (QED) is 0.556. The van der Waals surface area contributed by atoms with E-state index in [2.05, 4.69) is 22.6 Å². The van der Waals surface area contributed by atoms with Gasteiger partial charge in [-0.15, -0.1) is 0 Å². The first kappa shape index (κ1) is 11.7. The largest absolute Gasteiger partial charge is 0.289 e. The third kappa shape index (κ3) is 1.90. The normalized spacial score (nSPS) is 11.0. The molecule has 0 aliphatic heterocycles. The number of hydrogen-bond acceptors (Lipinski definition) is 1. The highest BCUT2D eigenvalue weighted by atomic mass is 127. The van der Waals surface area contributed by atoms with Gasteiger partial charge in [-0.05, 0) is 58.5 Å². The van der Waals surface area contributed by atoms with Crippen LogP contribution in [0, 0.1) is 10.5 Å². The summed E-state index contributed by atoms with van der Waals surface area (Å²) in [7, 11) is 0. The molecular formula is C16H11IO. The van der Waals surface area contributed by atoms with Crippen molar-refractivity contribution in [2.24, 2.45) is 0 Å². The van der Waals surface area contributed by atoms with Crippen LogP contribution in [0.1, 0.15) is 5.56 Å². The van der Waals surface area contributed by atoms with E-state index in [0.717, 1.165) is 30.7 Å². The minimum absolute atomic E-state index is 0.118. The maximum absolute atomic E-state index is 12.6. The van der Waals surface area contributed by atoms with E-state index in [4.69, 9.17) is 0 Å². The van der Waals surface area contributed by atoms with Crippen molar-refractivity contribution in [1.82, 2.24) is 0 Å². The molecule has 0 saturated carbocycles. The lowest BCUT2D eigenvalue weighted by Crippen LogP contribution is -1.98. The molecule has 3 aromatic carbocycles. The maximum atomic E-state index is 12.6. The van der Waals surface area contributed by atoms with Crippen molar-refractivity contribution in [2.75, 3.05) is 0 Å². The molecule has 0 aromatic heterocycles. The van der Waals surface area contributed by atoms with Gasteiger partial charge < -0.3 is 0 Å². The first-order chi connectivity index (χ1) is 8.65. The van der Waals surface area contributed by atoms with Crippen molar-refractivity contribution in [1.29, 1.82) is 0 Å². The fourth-order valence-corrected chi connectivity index (χ4v) is 2.70. The maximum Gasteiger partial charge on any atom is 0.194 e. The van der Waals surface area contributed by atoms with Crippen LogP contribution in [0.3, 0.4) is 0 Å². The van der Waals surface area contributed by atoms with Crippen molar-refractivity contribution in [3.63, 3.8) is 0 Å². The second kappa shape index (κ2) is 4.35. The van der Waals surface area contributed by atoms with Gasteiger partial charge >= 0.3 is 0 Å². The number of hydrogen-bond donors (Lipinski definition) is 0. The van der Waals surface area contributed by atoms with Crippen molar-refractivity contribution in [3.8, 4) is 0 Å². The molecule has 0 radical (unpaired) electrons. The molecule has 3 aromatic rings. The lowest BCUT2D eigenvalue weighted by molar-refractivity contribution is 1.51. The first-order valence-electron chi connectivity index (χ1n) is 5.78. The third-order valence-electron chi connectivity index (χ3n) is 3.16. The van der Waals surface area contributed by atoms with Gasteiger partial charge in [0.2, 0.25) is 0 Å². The highest BCUT2D eigenvalue weighted by molar-refractivity contribution is 14.1. The van der Waals surface area contributed by atoms with Gasteiger partial charge in [-0.1, -0.05) is 35.9 Å². The molecule has 18 heavy (non-hydrogen) atoms. The number of aryl methyl sites for hydroxylation is 1. The molecule has 0 fully saturated rings. The predicted octanol–water partition coefficient (Wildman–Crippen LogP) is 4.27. The summed E-state index contributed by atoms with van der Waals surface area (Å²) in [6.45, 7) is 2.01. The van der Waals surface area contributed by atoms with Crippen molar-refractivity contribution in [2.45, 2.75) is 6.92 Å². The molecule has 0 aliphatic rings. The van der Waals surface area contributed by atoms with Gasteiger partial charge in [-0.2, -0.15) is 0 Å². The van der Waals surface area contributed by atoms with Gasteiger partial charge in [0.1, 0.15) is 0 Å². The summed E-state index contributed by atoms with van der Waals surface area (Å²) >= 11 is 2.24. The SMILES string of the molecule is Cc1ccc2ccc3ccc(I)cc3c(=O)c2c1. The van der Waals surface area contributed by atoms with E-state index in [1.54, 1.807) is 0 Å². The van der Waals surface area contributed by atoms with Crippen LogP contribution in [0.2, 0.25) is 0 Å². The Morgan fingerprint density at radius 3 is 2.11 bits per heavy atom. The van der Waals surface area contributed by atoms with E-state index in [1.165, 1.54) is 0 Å². The molecule has 0 atom stereocenters. The third-order valence-corrected chi connectivity index (χ3v) is 3.83. The molecule has 0 N–H and O–H groups in total. The van der Waals surface area contributed by atoms with Crippen molar-refractivity contribution in [3.05, 3.63) is 67.9 Å². The average Bonchev–Trinajstić information content (AvgIpc) is 2.49. The van der Waals surface area contributed by atoms with Crippen LogP contribution in [0.4, 0.5) is 0 Å². The van der Waals surface area contributed by atoms with Crippen LogP contribution in [0.15, 0.2) is 53.3 Å². The Kier molecular flexibility index (Phi) is 2.82. The highest BCUT2D eigenvalue weighted by Crippen LogP contribution is 2.18. The molecule has 0 bridgehead atoms. The Morgan fingerprint density at radius 1 is 0.833 bits per heavy atom. The van der Waals surface area contributed by atoms with Gasteiger partial charge in [-0.3, -0.25) is 4.79 Å². The summed E-state index contributed by atoms with van der Waals surface area (Å²) in [5, 5.41) is 3.58. The molecule has 0 heterocycles. The molecule has 0 amide bonds. The number of rotatable bonds is 0. The van der Waals surface area contributed by atoms with Crippen molar-refractivity contribution < 1.29 is 0 Å².